The predicted octanol–water partition coefficient (Wildman–Crippen LogP) is 3.74. The summed E-state index contributed by atoms with van der Waals surface area (Å²) >= 11 is 1.11. The van der Waals surface area contributed by atoms with Crippen LogP contribution in [0.2, 0.25) is 0 Å². The molecule has 7 nitrogen and oxygen atoms in total. The maximum absolute atomic E-state index is 12.3. The van der Waals surface area contributed by atoms with Crippen LogP contribution in [0.3, 0.4) is 0 Å². The van der Waals surface area contributed by atoms with Gasteiger partial charge in [0.15, 0.2) is 5.13 Å². The number of thiazole rings is 1. The number of para-hydroxylation sites is 1. The van der Waals surface area contributed by atoms with Crippen molar-refractivity contribution in [1.29, 1.82) is 0 Å². The lowest BCUT2D eigenvalue weighted by atomic mass is 10.3. The fraction of sp³-hybridized carbons (Fsp3) is 0.0588. The third kappa shape index (κ3) is 4.39. The van der Waals surface area contributed by atoms with Gasteiger partial charge in [-0.25, -0.2) is 14.8 Å². The Morgan fingerprint density at radius 3 is 2.44 bits per heavy atom. The van der Waals surface area contributed by atoms with Crippen LogP contribution in [0.1, 0.15) is 15.4 Å². The highest BCUT2D eigenvalue weighted by Crippen LogP contribution is 2.24. The molecule has 2 aromatic heterocycles. The number of nitrogens with one attached hydrogen (secondary N) is 3. The van der Waals surface area contributed by atoms with Crippen molar-refractivity contribution < 1.29 is 9.59 Å². The fourth-order valence-electron chi connectivity index (χ4n) is 2.05. The predicted molar refractivity (Wildman–Crippen MR) is 98.1 cm³/mol. The summed E-state index contributed by atoms with van der Waals surface area (Å²) in [4.78, 5) is 33.0. The summed E-state index contributed by atoms with van der Waals surface area (Å²) in [5, 5.41) is 8.34. The third-order valence-electron chi connectivity index (χ3n) is 3.16. The standard InChI is InChI=1S/C17H15N5O2S/c1-11-14(15(23)20-12-7-3-2-4-8-12)25-17(19-11)22-16(24)21-13-9-5-6-10-18-13/h2-10H,1H3,(H,20,23)(H2,18,19,21,22,24). The zero-order valence-electron chi connectivity index (χ0n) is 13.3. The zero-order valence-corrected chi connectivity index (χ0v) is 14.1. The molecular formula is C17H15N5O2S. The zero-order chi connectivity index (χ0) is 17.6. The van der Waals surface area contributed by atoms with E-state index in [1.807, 2.05) is 18.2 Å². The highest BCUT2D eigenvalue weighted by molar-refractivity contribution is 7.17. The number of hydrogen-bond donors (Lipinski definition) is 3. The SMILES string of the molecule is Cc1nc(NC(=O)Nc2ccccn2)sc1C(=O)Nc1ccccc1. The molecule has 0 saturated carbocycles. The summed E-state index contributed by atoms with van der Waals surface area (Å²) in [6.07, 6.45) is 1.58. The average Bonchev–Trinajstić information content (AvgIpc) is 2.97. The Morgan fingerprint density at radius 1 is 0.960 bits per heavy atom. The minimum atomic E-state index is -0.470. The lowest BCUT2D eigenvalue weighted by Gasteiger charge is -2.03. The average molecular weight is 353 g/mol. The van der Waals surface area contributed by atoms with Crippen LogP contribution in [-0.2, 0) is 0 Å². The molecule has 0 unspecified atom stereocenters. The molecular weight excluding hydrogens is 338 g/mol. The number of hydrogen-bond acceptors (Lipinski definition) is 5. The molecule has 25 heavy (non-hydrogen) atoms. The third-order valence-corrected chi connectivity index (χ3v) is 4.23. The van der Waals surface area contributed by atoms with E-state index in [9.17, 15) is 9.59 Å². The summed E-state index contributed by atoms with van der Waals surface area (Å²) < 4.78 is 0. The smallest absolute Gasteiger partial charge is 0.321 e. The number of carbonyl (C=O) groups excluding carboxylic acids is 2. The summed E-state index contributed by atoms with van der Waals surface area (Å²) in [5.41, 5.74) is 1.24. The molecule has 0 aliphatic heterocycles. The maximum Gasteiger partial charge on any atom is 0.326 e. The molecule has 0 radical (unpaired) electrons. The topological polar surface area (TPSA) is 96.0 Å². The van der Waals surface area contributed by atoms with E-state index in [0.717, 1.165) is 11.3 Å². The first kappa shape index (κ1) is 16.6. The van der Waals surface area contributed by atoms with Gasteiger partial charge in [0, 0.05) is 11.9 Å². The van der Waals surface area contributed by atoms with Crippen molar-refractivity contribution in [3.8, 4) is 0 Å². The Hall–Kier alpha value is -3.26. The monoisotopic (exact) mass is 353 g/mol. The van der Waals surface area contributed by atoms with E-state index in [-0.39, 0.29) is 5.91 Å². The first-order chi connectivity index (χ1) is 12.1. The lowest BCUT2D eigenvalue weighted by Crippen LogP contribution is -2.19. The van der Waals surface area contributed by atoms with E-state index in [0.29, 0.717) is 27.2 Å². The Kier molecular flexibility index (Phi) is 5.00. The molecule has 0 spiro atoms. The van der Waals surface area contributed by atoms with Crippen molar-refractivity contribution in [1.82, 2.24) is 9.97 Å². The number of urea groups is 1. The van der Waals surface area contributed by atoms with Gasteiger partial charge in [0.2, 0.25) is 0 Å². The van der Waals surface area contributed by atoms with Gasteiger partial charge in [0.25, 0.3) is 5.91 Å². The second-order valence-corrected chi connectivity index (χ2v) is 6.05. The number of benzene rings is 1. The van der Waals surface area contributed by atoms with Gasteiger partial charge in [-0.3, -0.25) is 15.4 Å². The quantitative estimate of drug-likeness (QED) is 0.666. The van der Waals surface area contributed by atoms with E-state index < -0.39 is 6.03 Å². The largest absolute Gasteiger partial charge is 0.326 e. The van der Waals surface area contributed by atoms with Gasteiger partial charge in [0.05, 0.1) is 5.69 Å². The van der Waals surface area contributed by atoms with E-state index >= 15 is 0 Å². The van der Waals surface area contributed by atoms with Crippen LogP contribution >= 0.6 is 11.3 Å². The van der Waals surface area contributed by atoms with Gasteiger partial charge < -0.3 is 5.32 Å². The first-order valence-electron chi connectivity index (χ1n) is 7.44. The molecule has 0 bridgehead atoms. The van der Waals surface area contributed by atoms with Crippen LogP contribution in [0.5, 0.6) is 0 Å². The van der Waals surface area contributed by atoms with Gasteiger partial charge in [-0.1, -0.05) is 35.6 Å². The molecule has 0 aliphatic rings. The van der Waals surface area contributed by atoms with E-state index in [1.54, 1.807) is 43.5 Å². The highest BCUT2D eigenvalue weighted by Gasteiger charge is 2.17. The van der Waals surface area contributed by atoms with Gasteiger partial charge in [-0.2, -0.15) is 0 Å². The summed E-state index contributed by atoms with van der Waals surface area (Å²) in [6, 6.07) is 13.9. The van der Waals surface area contributed by atoms with Gasteiger partial charge in [0.1, 0.15) is 10.7 Å². The maximum atomic E-state index is 12.3. The van der Waals surface area contributed by atoms with Gasteiger partial charge >= 0.3 is 6.03 Å². The fourth-order valence-corrected chi connectivity index (χ4v) is 2.91. The first-order valence-corrected chi connectivity index (χ1v) is 8.26. The van der Waals surface area contributed by atoms with Crippen LogP contribution in [0.25, 0.3) is 0 Å². The van der Waals surface area contributed by atoms with Crippen LogP contribution < -0.4 is 16.0 Å². The van der Waals surface area contributed by atoms with Crippen molar-refractivity contribution in [2.24, 2.45) is 0 Å². The van der Waals surface area contributed by atoms with Crippen LogP contribution in [0.15, 0.2) is 54.7 Å². The van der Waals surface area contributed by atoms with E-state index in [2.05, 4.69) is 25.9 Å². The Labute approximate surface area is 148 Å². The minimum Gasteiger partial charge on any atom is -0.321 e. The Balaban J connectivity index is 1.65. The lowest BCUT2D eigenvalue weighted by molar-refractivity contribution is 0.103. The summed E-state index contributed by atoms with van der Waals surface area (Å²) in [6.45, 7) is 1.72. The molecule has 0 aliphatic carbocycles. The summed E-state index contributed by atoms with van der Waals surface area (Å²) in [7, 11) is 0. The number of aryl methyl sites for hydroxylation is 1. The van der Waals surface area contributed by atoms with E-state index in [1.165, 1.54) is 0 Å². The minimum absolute atomic E-state index is 0.264. The molecule has 3 N–H and O–H groups in total. The van der Waals surface area contributed by atoms with Crippen LogP contribution in [0.4, 0.5) is 21.4 Å². The number of pyridine rings is 1. The molecule has 0 saturated heterocycles. The van der Waals surface area contributed by atoms with Crippen molar-refractivity contribution in [2.45, 2.75) is 6.92 Å². The second kappa shape index (κ2) is 7.54. The molecule has 1 aromatic carbocycles. The number of aromatic nitrogens is 2. The number of nitrogens with zero attached hydrogens (tertiary/aromatic N) is 2. The molecule has 3 amide bonds. The number of rotatable bonds is 4. The molecule has 0 fully saturated rings. The molecule has 0 atom stereocenters. The number of carbonyl (C=O) groups is 2. The molecule has 3 aromatic rings. The van der Waals surface area contributed by atoms with Crippen LogP contribution in [-0.4, -0.2) is 21.9 Å². The molecule has 3 rings (SSSR count). The van der Waals surface area contributed by atoms with Crippen LogP contribution in [0, 0.1) is 6.92 Å². The highest BCUT2D eigenvalue weighted by atomic mass is 32.1. The Morgan fingerprint density at radius 2 is 1.72 bits per heavy atom. The number of anilines is 3. The molecule has 2 heterocycles. The second-order valence-electron chi connectivity index (χ2n) is 5.05. The van der Waals surface area contributed by atoms with E-state index in [4.69, 9.17) is 0 Å². The van der Waals surface area contributed by atoms with Crippen molar-refractivity contribution >= 4 is 39.9 Å². The number of amides is 3. The summed E-state index contributed by atoms with van der Waals surface area (Å²) in [5.74, 6) is 0.162. The molecule has 126 valence electrons. The van der Waals surface area contributed by atoms with Gasteiger partial charge in [-0.05, 0) is 31.2 Å². The van der Waals surface area contributed by atoms with Crippen molar-refractivity contribution in [3.05, 3.63) is 65.3 Å². The van der Waals surface area contributed by atoms with Crippen molar-refractivity contribution in [2.75, 3.05) is 16.0 Å². The van der Waals surface area contributed by atoms with Crippen molar-refractivity contribution in [3.63, 3.8) is 0 Å². The molecule has 8 heteroatoms. The van der Waals surface area contributed by atoms with Gasteiger partial charge in [-0.15, -0.1) is 0 Å². The normalized spacial score (nSPS) is 10.1. The Bertz CT molecular complexity index is 881.